The highest BCUT2D eigenvalue weighted by Gasteiger charge is 2.43. The van der Waals surface area contributed by atoms with Gasteiger partial charge in [0, 0.05) is 66.6 Å². The fourth-order valence-corrected chi connectivity index (χ4v) is 14.0. The number of rotatable bonds is 6. The van der Waals surface area contributed by atoms with E-state index in [0.29, 0.717) is 0 Å². The average molecular weight is 1050 g/mol. The summed E-state index contributed by atoms with van der Waals surface area (Å²) in [6.07, 6.45) is 0. The second-order valence-corrected chi connectivity index (χ2v) is 23.2. The molecular formula is C76H53BN4O. The molecule has 0 atom stereocenters. The molecule has 0 saturated carbocycles. The van der Waals surface area contributed by atoms with Crippen molar-refractivity contribution >= 4 is 106 Å². The van der Waals surface area contributed by atoms with E-state index in [2.05, 4.69) is 306 Å². The molecular weight excluding hydrogens is 996 g/mol. The summed E-state index contributed by atoms with van der Waals surface area (Å²) in [6, 6.07) is 98.7. The number of nitrogens with zero attached hydrogens (tertiary/aromatic N) is 4. The molecule has 0 aliphatic carbocycles. The summed E-state index contributed by atoms with van der Waals surface area (Å²) < 4.78 is 14.8. The van der Waals surface area contributed by atoms with Crippen molar-refractivity contribution in [3.63, 3.8) is 0 Å². The van der Waals surface area contributed by atoms with E-state index in [-0.39, 0.29) is 12.1 Å². The quantitative estimate of drug-likeness (QED) is 0.155. The molecule has 82 heavy (non-hydrogen) atoms. The number of hydrogen-bond donors (Lipinski definition) is 0. The van der Waals surface area contributed by atoms with Gasteiger partial charge in [-0.25, -0.2) is 0 Å². The van der Waals surface area contributed by atoms with Crippen molar-refractivity contribution in [1.29, 1.82) is 0 Å². The molecule has 5 heterocycles. The summed E-state index contributed by atoms with van der Waals surface area (Å²) in [5.41, 5.74) is 22.7. The SMILES string of the molecule is CC(C)(C)c1cc2c3c(c1)N(c1ccccc1-c1ccccc1)c1cc(-c4cccc(-n5c6ccccc6c6ccccc65)c4-n4c5ccccc5c5ccccc54)ccc1B3c1ccc(-n3c4ccccc4c4ccccc43)cc1O2. The van der Waals surface area contributed by atoms with Crippen LogP contribution in [0.5, 0.6) is 11.5 Å². The number of aromatic nitrogens is 3. The Balaban J connectivity index is 0.965. The van der Waals surface area contributed by atoms with Gasteiger partial charge in [0.2, 0.25) is 0 Å². The summed E-state index contributed by atoms with van der Waals surface area (Å²) in [5.74, 6) is 1.76. The number of benzene rings is 12. The highest BCUT2D eigenvalue weighted by atomic mass is 16.5. The first-order valence-electron chi connectivity index (χ1n) is 28.5. The maximum absolute atomic E-state index is 7.42. The molecule has 17 rings (SSSR count). The Morgan fingerprint density at radius 2 is 0.817 bits per heavy atom. The highest BCUT2D eigenvalue weighted by molar-refractivity contribution is 6.99. The molecule has 0 amide bonds. The smallest absolute Gasteiger partial charge is 0.256 e. The zero-order valence-corrected chi connectivity index (χ0v) is 45.7. The highest BCUT2D eigenvalue weighted by Crippen LogP contribution is 2.49. The zero-order chi connectivity index (χ0) is 54.4. The molecule has 15 aromatic rings. The van der Waals surface area contributed by atoms with Crippen LogP contribution in [0.2, 0.25) is 0 Å². The molecule has 0 N–H and O–H groups in total. The predicted molar refractivity (Wildman–Crippen MR) is 345 cm³/mol. The minimum Gasteiger partial charge on any atom is -0.458 e. The van der Waals surface area contributed by atoms with Crippen LogP contribution in [0.15, 0.2) is 267 Å². The molecule has 6 heteroatoms. The molecule has 0 radical (unpaired) electrons. The lowest BCUT2D eigenvalue weighted by atomic mass is 9.34. The van der Waals surface area contributed by atoms with Crippen LogP contribution in [-0.4, -0.2) is 20.4 Å². The molecule has 386 valence electrons. The van der Waals surface area contributed by atoms with Crippen LogP contribution in [0.25, 0.3) is 105 Å². The van der Waals surface area contributed by atoms with Crippen molar-refractivity contribution in [2.24, 2.45) is 0 Å². The third kappa shape index (κ3) is 6.75. The maximum atomic E-state index is 7.42. The third-order valence-electron chi connectivity index (χ3n) is 17.6. The lowest BCUT2D eigenvalue weighted by Gasteiger charge is -2.42. The molecule has 0 bridgehead atoms. The Morgan fingerprint density at radius 1 is 0.329 bits per heavy atom. The van der Waals surface area contributed by atoms with Crippen molar-refractivity contribution in [2.45, 2.75) is 26.2 Å². The molecule has 2 aliphatic heterocycles. The monoisotopic (exact) mass is 1050 g/mol. The predicted octanol–water partition coefficient (Wildman–Crippen LogP) is 18.0. The van der Waals surface area contributed by atoms with Crippen LogP contribution >= 0.6 is 0 Å². The number of ether oxygens (including phenoxy) is 1. The normalized spacial score (nSPS) is 12.9. The van der Waals surface area contributed by atoms with Gasteiger partial charge in [0.1, 0.15) is 11.5 Å². The Hall–Kier alpha value is -10.3. The van der Waals surface area contributed by atoms with Crippen LogP contribution in [0.3, 0.4) is 0 Å². The van der Waals surface area contributed by atoms with Gasteiger partial charge in [-0.1, -0.05) is 209 Å². The molecule has 2 aliphatic rings. The van der Waals surface area contributed by atoms with Gasteiger partial charge in [0.25, 0.3) is 6.71 Å². The second-order valence-electron chi connectivity index (χ2n) is 23.2. The summed E-state index contributed by atoms with van der Waals surface area (Å²) in [5, 5.41) is 7.36. The summed E-state index contributed by atoms with van der Waals surface area (Å²) in [4.78, 5) is 2.56. The first-order valence-corrected chi connectivity index (χ1v) is 28.5. The van der Waals surface area contributed by atoms with E-state index in [1.54, 1.807) is 0 Å². The third-order valence-corrected chi connectivity index (χ3v) is 17.6. The Labute approximate surface area is 475 Å². The van der Waals surface area contributed by atoms with E-state index >= 15 is 0 Å². The first-order chi connectivity index (χ1) is 40.4. The number of hydrogen-bond acceptors (Lipinski definition) is 2. The topological polar surface area (TPSA) is 27.3 Å². The summed E-state index contributed by atoms with van der Waals surface area (Å²) in [7, 11) is 0. The van der Waals surface area contributed by atoms with Gasteiger partial charge in [-0.15, -0.1) is 0 Å². The second kappa shape index (κ2) is 17.6. The van der Waals surface area contributed by atoms with Crippen LogP contribution in [0, 0.1) is 0 Å². The zero-order valence-electron chi connectivity index (χ0n) is 45.7. The van der Waals surface area contributed by atoms with Gasteiger partial charge in [-0.05, 0) is 111 Å². The molecule has 0 spiro atoms. The summed E-state index contributed by atoms with van der Waals surface area (Å²) in [6.45, 7) is 6.80. The molecule has 0 fully saturated rings. The molecule has 5 nitrogen and oxygen atoms in total. The Kier molecular flexibility index (Phi) is 10.0. The Morgan fingerprint density at radius 3 is 1.40 bits per heavy atom. The fraction of sp³-hybridized carbons (Fsp3) is 0.0526. The lowest BCUT2D eigenvalue weighted by Crippen LogP contribution is -2.59. The molecule has 0 saturated heterocycles. The van der Waals surface area contributed by atoms with Crippen molar-refractivity contribution in [1.82, 2.24) is 13.7 Å². The van der Waals surface area contributed by atoms with E-state index in [1.165, 1.54) is 70.9 Å². The minimum absolute atomic E-state index is 0.139. The number of anilines is 3. The average Bonchev–Trinajstić information content (AvgIpc) is 2.05. The van der Waals surface area contributed by atoms with E-state index in [4.69, 9.17) is 4.74 Å². The van der Waals surface area contributed by atoms with Gasteiger partial charge in [0.15, 0.2) is 0 Å². The lowest BCUT2D eigenvalue weighted by molar-refractivity contribution is 0.483. The largest absolute Gasteiger partial charge is 0.458 e. The number of para-hydroxylation sites is 8. The molecule has 0 unspecified atom stereocenters. The van der Waals surface area contributed by atoms with Gasteiger partial charge >= 0.3 is 0 Å². The van der Waals surface area contributed by atoms with E-state index in [1.807, 2.05) is 0 Å². The molecule has 3 aromatic heterocycles. The van der Waals surface area contributed by atoms with E-state index in [9.17, 15) is 0 Å². The van der Waals surface area contributed by atoms with Crippen LogP contribution < -0.4 is 26.0 Å². The van der Waals surface area contributed by atoms with Gasteiger partial charge < -0.3 is 23.3 Å². The minimum atomic E-state index is -0.202. The molecule has 12 aromatic carbocycles. The van der Waals surface area contributed by atoms with Crippen molar-refractivity contribution in [3.8, 4) is 50.8 Å². The van der Waals surface area contributed by atoms with Gasteiger partial charge in [0.05, 0.1) is 50.2 Å². The first kappa shape index (κ1) is 46.6. The maximum Gasteiger partial charge on any atom is 0.256 e. The Bertz CT molecular complexity index is 4990. The summed E-state index contributed by atoms with van der Waals surface area (Å²) >= 11 is 0. The van der Waals surface area contributed by atoms with Crippen LogP contribution in [0.1, 0.15) is 26.3 Å². The van der Waals surface area contributed by atoms with Crippen LogP contribution in [-0.2, 0) is 5.41 Å². The van der Waals surface area contributed by atoms with Crippen molar-refractivity contribution in [3.05, 3.63) is 272 Å². The van der Waals surface area contributed by atoms with E-state index < -0.39 is 0 Å². The van der Waals surface area contributed by atoms with Crippen molar-refractivity contribution < 1.29 is 4.74 Å². The van der Waals surface area contributed by atoms with E-state index in [0.717, 1.165) is 84.4 Å². The van der Waals surface area contributed by atoms with Crippen molar-refractivity contribution in [2.75, 3.05) is 4.90 Å². The standard InChI is InChI=1S/C76H53BN4O/c1-76(2,3)50-45-71-74-73(46-50)82-72-47-51(78-63-33-15-8-25-54(63)55-26-9-16-34-64(55)78)41-43-61(72)77(74)60-42-40-49(44-70(60)80(71)62-32-14-7-24-52(62)48-22-5-4-6-23-48)53-31-21-39-69(79-65-35-17-10-27-56(65)57-28-11-18-36-66(57)79)75(53)81-67-37-19-12-29-58(67)59-30-13-20-38-68(59)81/h4-47H,1-3H3. The van der Waals surface area contributed by atoms with Gasteiger partial charge in [-0.2, -0.15) is 0 Å². The van der Waals surface area contributed by atoms with Gasteiger partial charge in [-0.3, -0.25) is 0 Å². The van der Waals surface area contributed by atoms with Crippen LogP contribution in [0.4, 0.5) is 17.1 Å². The number of fused-ring (bicyclic) bond motifs is 13. The fourth-order valence-electron chi connectivity index (χ4n) is 14.0.